The third-order valence-corrected chi connectivity index (χ3v) is 5.23. The number of aryl methyl sites for hydroxylation is 2. The van der Waals surface area contributed by atoms with Gasteiger partial charge in [-0.15, -0.1) is 0 Å². The molecule has 2 aromatic carbocycles. The lowest BCUT2D eigenvalue weighted by Gasteiger charge is -2.05. The second kappa shape index (κ2) is 8.83. The average molecular weight is 458 g/mol. The molecule has 0 aliphatic rings. The van der Waals surface area contributed by atoms with Gasteiger partial charge >= 0.3 is 5.91 Å². The molecular weight excluding hydrogens is 441 g/mol. The monoisotopic (exact) mass is 457 g/mol. The highest BCUT2D eigenvalue weighted by molar-refractivity contribution is 6.36. The van der Waals surface area contributed by atoms with Gasteiger partial charge in [0.25, 0.3) is 0 Å². The maximum atomic E-state index is 12.4. The third-order valence-electron chi connectivity index (χ3n) is 4.68. The van der Waals surface area contributed by atoms with Gasteiger partial charge in [-0.1, -0.05) is 41.4 Å². The molecule has 2 aromatic heterocycles. The molecule has 2 N–H and O–H groups in total. The molecule has 2 amide bonds. The molecule has 4 aromatic rings. The van der Waals surface area contributed by atoms with Gasteiger partial charge in [0.2, 0.25) is 5.91 Å². The number of fused-ring (bicyclic) bond motifs is 1. The van der Waals surface area contributed by atoms with Crippen molar-refractivity contribution < 1.29 is 18.4 Å². The molecule has 0 aliphatic heterocycles. The first kappa shape index (κ1) is 21.0. The molecule has 7 nitrogen and oxygen atoms in total. The fourth-order valence-electron chi connectivity index (χ4n) is 3.10. The fourth-order valence-corrected chi connectivity index (χ4v) is 3.60. The van der Waals surface area contributed by atoms with Crippen LogP contribution in [0.25, 0.3) is 22.3 Å². The quantitative estimate of drug-likeness (QED) is 0.406. The zero-order chi connectivity index (χ0) is 22.0. The molecule has 0 atom stereocenters. The zero-order valence-corrected chi connectivity index (χ0v) is 17.9. The van der Waals surface area contributed by atoms with Crippen LogP contribution in [0.3, 0.4) is 0 Å². The fraction of sp³-hybridized carbons (Fsp3) is 0.136. The van der Waals surface area contributed by atoms with Crippen molar-refractivity contribution in [3.05, 3.63) is 75.9 Å². The lowest BCUT2D eigenvalue weighted by molar-refractivity contribution is -0.121. The second-order valence-corrected chi connectivity index (χ2v) is 7.64. The van der Waals surface area contributed by atoms with E-state index in [9.17, 15) is 9.59 Å². The highest BCUT2D eigenvalue weighted by Crippen LogP contribution is 2.31. The molecule has 0 unspecified atom stereocenters. The summed E-state index contributed by atoms with van der Waals surface area (Å²) in [6.07, 6.45) is 1.85. The molecule has 31 heavy (non-hydrogen) atoms. The molecule has 0 bridgehead atoms. The number of aromatic nitrogens is 1. The van der Waals surface area contributed by atoms with E-state index in [4.69, 9.17) is 32.0 Å². The number of benzene rings is 2. The lowest BCUT2D eigenvalue weighted by Crippen LogP contribution is -2.41. The number of nitrogens with zero attached hydrogens (tertiary/aromatic N) is 1. The number of hydrogen-bond acceptors (Lipinski definition) is 5. The standard InChI is InChI=1S/C22H17Cl2N3O4/c1-12-14-4-2-3-5-17(14)31-21(12)22(29)27-26-19(28)8-9-20-25-11-18(30-20)15-7-6-13(23)10-16(15)24/h2-7,10-11H,8-9H2,1H3,(H,26,28)(H,27,29). The van der Waals surface area contributed by atoms with E-state index >= 15 is 0 Å². The zero-order valence-electron chi connectivity index (χ0n) is 16.4. The van der Waals surface area contributed by atoms with Gasteiger partial charge in [-0.2, -0.15) is 0 Å². The van der Waals surface area contributed by atoms with Crippen LogP contribution in [0.15, 0.2) is 57.5 Å². The number of oxazole rings is 1. The highest BCUT2D eigenvalue weighted by Gasteiger charge is 2.18. The van der Waals surface area contributed by atoms with E-state index in [2.05, 4.69) is 15.8 Å². The summed E-state index contributed by atoms with van der Waals surface area (Å²) in [4.78, 5) is 28.6. The molecule has 2 heterocycles. The smallest absolute Gasteiger partial charge is 0.305 e. The normalized spacial score (nSPS) is 10.9. The molecule has 0 saturated heterocycles. The number of furan rings is 1. The van der Waals surface area contributed by atoms with E-state index in [0.29, 0.717) is 38.4 Å². The second-order valence-electron chi connectivity index (χ2n) is 6.80. The van der Waals surface area contributed by atoms with Crippen molar-refractivity contribution in [2.75, 3.05) is 0 Å². The summed E-state index contributed by atoms with van der Waals surface area (Å²) in [7, 11) is 0. The first-order valence-corrected chi connectivity index (χ1v) is 10.2. The summed E-state index contributed by atoms with van der Waals surface area (Å²) in [5.41, 5.74) is 6.71. The van der Waals surface area contributed by atoms with Crippen LogP contribution in [0, 0.1) is 6.92 Å². The Morgan fingerprint density at radius 2 is 1.87 bits per heavy atom. The van der Waals surface area contributed by atoms with Gasteiger partial charge in [-0.3, -0.25) is 20.4 Å². The predicted molar refractivity (Wildman–Crippen MR) is 117 cm³/mol. The van der Waals surface area contributed by atoms with E-state index in [1.54, 1.807) is 31.2 Å². The summed E-state index contributed by atoms with van der Waals surface area (Å²) in [5.74, 6) is 0.0734. The van der Waals surface area contributed by atoms with Crippen LogP contribution in [0.2, 0.25) is 10.0 Å². The molecule has 9 heteroatoms. The lowest BCUT2D eigenvalue weighted by atomic mass is 10.1. The van der Waals surface area contributed by atoms with Crippen LogP contribution < -0.4 is 10.9 Å². The van der Waals surface area contributed by atoms with Crippen LogP contribution >= 0.6 is 23.2 Å². The van der Waals surface area contributed by atoms with Gasteiger partial charge in [0, 0.05) is 34.4 Å². The Morgan fingerprint density at radius 3 is 2.65 bits per heavy atom. The van der Waals surface area contributed by atoms with Crippen molar-refractivity contribution in [3.8, 4) is 11.3 Å². The molecule has 0 fully saturated rings. The highest BCUT2D eigenvalue weighted by atomic mass is 35.5. The Balaban J connectivity index is 1.32. The van der Waals surface area contributed by atoms with Crippen molar-refractivity contribution in [2.24, 2.45) is 0 Å². The Labute approximate surface area is 187 Å². The molecule has 4 rings (SSSR count). The first-order chi connectivity index (χ1) is 14.9. The minimum atomic E-state index is -0.530. The van der Waals surface area contributed by atoms with E-state index in [-0.39, 0.29) is 18.6 Å². The van der Waals surface area contributed by atoms with Gasteiger partial charge < -0.3 is 8.83 Å². The minimum absolute atomic E-state index is 0.0632. The molecule has 0 saturated carbocycles. The van der Waals surface area contributed by atoms with Crippen molar-refractivity contribution in [1.82, 2.24) is 15.8 Å². The van der Waals surface area contributed by atoms with Crippen molar-refractivity contribution in [1.29, 1.82) is 0 Å². The van der Waals surface area contributed by atoms with Gasteiger partial charge in [-0.05, 0) is 31.2 Å². The number of nitrogens with one attached hydrogen (secondary N) is 2. The summed E-state index contributed by atoms with van der Waals surface area (Å²) >= 11 is 12.1. The Bertz CT molecular complexity index is 1280. The van der Waals surface area contributed by atoms with Crippen LogP contribution in [-0.2, 0) is 11.2 Å². The minimum Gasteiger partial charge on any atom is -0.451 e. The summed E-state index contributed by atoms with van der Waals surface area (Å²) in [6, 6.07) is 12.4. The first-order valence-electron chi connectivity index (χ1n) is 9.40. The van der Waals surface area contributed by atoms with E-state index in [1.807, 2.05) is 18.2 Å². The molecule has 0 aliphatic carbocycles. The van der Waals surface area contributed by atoms with Gasteiger partial charge in [0.1, 0.15) is 5.58 Å². The average Bonchev–Trinajstić information content (AvgIpc) is 3.35. The largest absolute Gasteiger partial charge is 0.451 e. The van der Waals surface area contributed by atoms with Crippen molar-refractivity contribution in [2.45, 2.75) is 19.8 Å². The van der Waals surface area contributed by atoms with Gasteiger partial charge in [0.05, 0.1) is 11.2 Å². The van der Waals surface area contributed by atoms with Crippen LogP contribution in [-0.4, -0.2) is 16.8 Å². The molecule has 158 valence electrons. The Morgan fingerprint density at radius 1 is 1.06 bits per heavy atom. The van der Waals surface area contributed by atoms with Crippen LogP contribution in [0.4, 0.5) is 0 Å². The van der Waals surface area contributed by atoms with Crippen molar-refractivity contribution >= 4 is 46.0 Å². The summed E-state index contributed by atoms with van der Waals surface area (Å²) in [6.45, 7) is 1.79. The SMILES string of the molecule is Cc1c(C(=O)NNC(=O)CCc2ncc(-c3ccc(Cl)cc3Cl)o2)oc2ccccc12. The number of halogens is 2. The Hall–Kier alpha value is -3.29. The summed E-state index contributed by atoms with van der Waals surface area (Å²) < 4.78 is 11.2. The molecule has 0 radical (unpaired) electrons. The maximum absolute atomic E-state index is 12.4. The van der Waals surface area contributed by atoms with Crippen molar-refractivity contribution in [3.63, 3.8) is 0 Å². The molecular formula is C22H17Cl2N3O4. The number of carbonyl (C=O) groups excluding carboxylic acids is 2. The van der Waals surface area contributed by atoms with E-state index in [1.165, 1.54) is 6.20 Å². The summed E-state index contributed by atoms with van der Waals surface area (Å²) in [5, 5.41) is 1.81. The number of hydrogen-bond donors (Lipinski definition) is 2. The third kappa shape index (κ3) is 4.57. The topological polar surface area (TPSA) is 97.4 Å². The molecule has 0 spiro atoms. The van der Waals surface area contributed by atoms with Crippen LogP contribution in [0.5, 0.6) is 0 Å². The Kier molecular flexibility index (Phi) is 5.97. The van der Waals surface area contributed by atoms with E-state index < -0.39 is 11.8 Å². The number of rotatable bonds is 5. The predicted octanol–water partition coefficient (Wildman–Crippen LogP) is 5.10. The van der Waals surface area contributed by atoms with Gasteiger partial charge in [0.15, 0.2) is 17.4 Å². The van der Waals surface area contributed by atoms with Gasteiger partial charge in [-0.25, -0.2) is 4.98 Å². The number of hydrazine groups is 1. The maximum Gasteiger partial charge on any atom is 0.305 e. The number of carbonyl (C=O) groups is 2. The van der Waals surface area contributed by atoms with Crippen LogP contribution in [0.1, 0.15) is 28.4 Å². The number of para-hydroxylation sites is 1. The number of amides is 2. The van der Waals surface area contributed by atoms with E-state index in [0.717, 1.165) is 5.39 Å².